The SMILES string of the molecule is CC(C)C[C@H](NC(=O)OC(C)(C)C)C(=O)On1c(O)ccc1O. The minimum atomic E-state index is -0.981. The van der Waals surface area contributed by atoms with Gasteiger partial charge in [-0.15, -0.1) is 4.73 Å². The van der Waals surface area contributed by atoms with Crippen LogP contribution in [0.25, 0.3) is 0 Å². The van der Waals surface area contributed by atoms with E-state index in [-0.39, 0.29) is 5.92 Å². The summed E-state index contributed by atoms with van der Waals surface area (Å²) in [7, 11) is 0. The fourth-order valence-electron chi connectivity index (χ4n) is 1.78. The van der Waals surface area contributed by atoms with Crippen LogP contribution >= 0.6 is 0 Å². The maximum absolute atomic E-state index is 12.2. The van der Waals surface area contributed by atoms with Crippen molar-refractivity contribution in [2.75, 3.05) is 0 Å². The van der Waals surface area contributed by atoms with E-state index in [0.717, 1.165) is 0 Å². The molecule has 8 heteroatoms. The van der Waals surface area contributed by atoms with E-state index in [0.29, 0.717) is 11.2 Å². The maximum atomic E-state index is 12.2. The highest BCUT2D eigenvalue weighted by atomic mass is 16.7. The number of carbonyl (C=O) groups is 2. The molecule has 23 heavy (non-hydrogen) atoms. The molecular weight excluding hydrogens is 304 g/mol. The van der Waals surface area contributed by atoms with Crippen molar-refractivity contribution in [1.29, 1.82) is 0 Å². The van der Waals surface area contributed by atoms with Crippen LogP contribution in [0.3, 0.4) is 0 Å². The number of nitrogens with zero attached hydrogens (tertiary/aromatic N) is 1. The van der Waals surface area contributed by atoms with E-state index in [9.17, 15) is 19.8 Å². The normalized spacial score (nSPS) is 12.8. The van der Waals surface area contributed by atoms with E-state index >= 15 is 0 Å². The number of aromatic hydroxyl groups is 2. The zero-order chi connectivity index (χ0) is 17.8. The molecular formula is C15H24N2O6. The molecule has 0 aromatic carbocycles. The standard InChI is InChI=1S/C15H24N2O6/c1-9(2)8-10(16-14(21)22-15(3,4)5)13(20)23-17-11(18)6-7-12(17)19/h6-7,9-10,18-19H,8H2,1-5H3,(H,16,21)/t10-/m0/s1. The summed E-state index contributed by atoms with van der Waals surface area (Å²) >= 11 is 0. The van der Waals surface area contributed by atoms with Crippen LogP contribution in [-0.4, -0.2) is 38.6 Å². The van der Waals surface area contributed by atoms with Crippen molar-refractivity contribution >= 4 is 12.1 Å². The quantitative estimate of drug-likeness (QED) is 0.760. The van der Waals surface area contributed by atoms with Gasteiger partial charge in [-0.25, -0.2) is 9.59 Å². The summed E-state index contributed by atoms with van der Waals surface area (Å²) in [6.07, 6.45) is -0.443. The predicted octanol–water partition coefficient (Wildman–Crippen LogP) is 1.79. The molecule has 1 rings (SSSR count). The fraction of sp³-hybridized carbons (Fsp3) is 0.600. The minimum Gasteiger partial charge on any atom is -0.492 e. The fourth-order valence-corrected chi connectivity index (χ4v) is 1.78. The number of hydrogen-bond donors (Lipinski definition) is 3. The molecule has 130 valence electrons. The third-order valence-electron chi connectivity index (χ3n) is 2.66. The summed E-state index contributed by atoms with van der Waals surface area (Å²) in [4.78, 5) is 29.0. The van der Waals surface area contributed by atoms with Gasteiger partial charge in [-0.3, -0.25) is 0 Å². The van der Waals surface area contributed by atoms with Crippen molar-refractivity contribution in [2.45, 2.75) is 52.7 Å². The maximum Gasteiger partial charge on any atom is 0.408 e. The molecule has 0 bridgehead atoms. The Morgan fingerprint density at radius 1 is 1.22 bits per heavy atom. The Morgan fingerprint density at radius 3 is 2.17 bits per heavy atom. The van der Waals surface area contributed by atoms with E-state index in [1.54, 1.807) is 20.8 Å². The average Bonchev–Trinajstić information content (AvgIpc) is 2.66. The van der Waals surface area contributed by atoms with Gasteiger partial charge in [0.05, 0.1) is 0 Å². The monoisotopic (exact) mass is 328 g/mol. The van der Waals surface area contributed by atoms with Gasteiger partial charge >= 0.3 is 12.1 Å². The Morgan fingerprint density at radius 2 is 1.74 bits per heavy atom. The summed E-state index contributed by atoms with van der Waals surface area (Å²) in [6.45, 7) is 8.87. The van der Waals surface area contributed by atoms with Gasteiger partial charge in [-0.1, -0.05) is 13.8 Å². The van der Waals surface area contributed by atoms with E-state index in [1.807, 2.05) is 13.8 Å². The number of rotatable bonds is 5. The second-order valence-electron chi connectivity index (χ2n) is 6.58. The summed E-state index contributed by atoms with van der Waals surface area (Å²) < 4.78 is 5.70. The molecule has 0 spiro atoms. The lowest BCUT2D eigenvalue weighted by atomic mass is 10.0. The van der Waals surface area contributed by atoms with Crippen LogP contribution in [-0.2, 0) is 9.53 Å². The molecule has 0 aliphatic carbocycles. The molecule has 0 fully saturated rings. The van der Waals surface area contributed by atoms with Gasteiger partial charge in [-0.2, -0.15) is 0 Å². The van der Waals surface area contributed by atoms with Crippen LogP contribution in [0.15, 0.2) is 12.1 Å². The number of hydrogen-bond acceptors (Lipinski definition) is 6. The average molecular weight is 328 g/mol. The van der Waals surface area contributed by atoms with Crippen molar-refractivity contribution in [1.82, 2.24) is 10.0 Å². The number of nitrogens with one attached hydrogen (secondary N) is 1. The number of amides is 1. The molecule has 1 atom stereocenters. The van der Waals surface area contributed by atoms with Crippen LogP contribution in [0.4, 0.5) is 4.79 Å². The van der Waals surface area contributed by atoms with Gasteiger partial charge in [0.1, 0.15) is 11.6 Å². The zero-order valence-corrected chi connectivity index (χ0v) is 14.0. The predicted molar refractivity (Wildman–Crippen MR) is 82.0 cm³/mol. The highest BCUT2D eigenvalue weighted by Gasteiger charge is 2.28. The second-order valence-corrected chi connectivity index (χ2v) is 6.58. The van der Waals surface area contributed by atoms with Gasteiger partial charge in [0.25, 0.3) is 0 Å². The van der Waals surface area contributed by atoms with Crippen molar-refractivity contribution in [3.8, 4) is 11.8 Å². The van der Waals surface area contributed by atoms with E-state index < -0.39 is 35.5 Å². The summed E-state index contributed by atoms with van der Waals surface area (Å²) in [6, 6.07) is 1.36. The molecule has 0 unspecified atom stereocenters. The summed E-state index contributed by atoms with van der Waals surface area (Å²) in [5.41, 5.74) is -0.701. The molecule has 0 aliphatic heterocycles. The third-order valence-corrected chi connectivity index (χ3v) is 2.66. The Balaban J connectivity index is 2.80. The van der Waals surface area contributed by atoms with Gasteiger partial charge in [0.2, 0.25) is 11.8 Å². The van der Waals surface area contributed by atoms with E-state index in [2.05, 4.69) is 5.32 Å². The molecule has 0 aliphatic rings. The Hall–Kier alpha value is -2.38. The lowest BCUT2D eigenvalue weighted by Gasteiger charge is -2.23. The molecule has 1 aromatic heterocycles. The first-order valence-electron chi connectivity index (χ1n) is 7.31. The molecule has 0 radical (unpaired) electrons. The first-order valence-corrected chi connectivity index (χ1v) is 7.31. The number of alkyl carbamates (subject to hydrolysis) is 1. The highest BCUT2D eigenvalue weighted by Crippen LogP contribution is 2.19. The molecule has 3 N–H and O–H groups in total. The highest BCUT2D eigenvalue weighted by molar-refractivity contribution is 5.81. The van der Waals surface area contributed by atoms with E-state index in [4.69, 9.17) is 9.57 Å². The molecule has 8 nitrogen and oxygen atoms in total. The van der Waals surface area contributed by atoms with Crippen molar-refractivity contribution < 1.29 is 29.4 Å². The Bertz CT molecular complexity index is 539. The van der Waals surface area contributed by atoms with E-state index in [1.165, 1.54) is 12.1 Å². The molecule has 0 saturated carbocycles. The van der Waals surface area contributed by atoms with Crippen LogP contribution in [0.1, 0.15) is 41.0 Å². The summed E-state index contributed by atoms with van der Waals surface area (Å²) in [5.74, 6) is -1.60. The Labute approximate surface area is 135 Å². The number of ether oxygens (including phenoxy) is 1. The van der Waals surface area contributed by atoms with Crippen molar-refractivity contribution in [3.63, 3.8) is 0 Å². The van der Waals surface area contributed by atoms with Gasteiger partial charge in [0.15, 0.2) is 0 Å². The molecule has 1 aromatic rings. The molecule has 1 amide bonds. The third kappa shape index (κ3) is 6.09. The summed E-state index contributed by atoms with van der Waals surface area (Å²) in [5, 5.41) is 21.4. The second kappa shape index (κ2) is 7.26. The van der Waals surface area contributed by atoms with Crippen LogP contribution in [0, 0.1) is 5.92 Å². The minimum absolute atomic E-state index is 0.0920. The first-order chi connectivity index (χ1) is 10.5. The lowest BCUT2D eigenvalue weighted by Crippen LogP contribution is -2.47. The van der Waals surface area contributed by atoms with Crippen LogP contribution in [0.5, 0.6) is 11.8 Å². The van der Waals surface area contributed by atoms with Crippen LogP contribution < -0.4 is 10.2 Å². The number of aromatic nitrogens is 1. The smallest absolute Gasteiger partial charge is 0.408 e. The first kappa shape index (κ1) is 18.7. The van der Waals surface area contributed by atoms with Crippen LogP contribution in [0.2, 0.25) is 0 Å². The topological polar surface area (TPSA) is 110 Å². The lowest BCUT2D eigenvalue weighted by molar-refractivity contribution is -0.148. The van der Waals surface area contributed by atoms with Gasteiger partial charge in [0, 0.05) is 12.1 Å². The Kier molecular flexibility index (Phi) is 5.89. The van der Waals surface area contributed by atoms with Gasteiger partial charge in [-0.05, 0) is 33.1 Å². The van der Waals surface area contributed by atoms with Gasteiger partial charge < -0.3 is 25.1 Å². The zero-order valence-electron chi connectivity index (χ0n) is 14.0. The van der Waals surface area contributed by atoms with Crippen molar-refractivity contribution in [2.24, 2.45) is 5.92 Å². The van der Waals surface area contributed by atoms with Crippen molar-refractivity contribution in [3.05, 3.63) is 12.1 Å². The molecule has 1 heterocycles. The molecule has 0 saturated heterocycles. The largest absolute Gasteiger partial charge is 0.492 e. The number of carbonyl (C=O) groups excluding carboxylic acids is 2.